The van der Waals surface area contributed by atoms with E-state index in [4.69, 9.17) is 4.52 Å². The maximum absolute atomic E-state index is 12.3. The molecule has 4 rings (SSSR count). The van der Waals surface area contributed by atoms with Crippen molar-refractivity contribution in [3.8, 4) is 11.4 Å². The first-order chi connectivity index (χ1) is 12.3. The van der Waals surface area contributed by atoms with Crippen LogP contribution >= 0.6 is 0 Å². The number of amides is 1. The number of piperidine rings is 1. The van der Waals surface area contributed by atoms with Gasteiger partial charge in [-0.1, -0.05) is 11.6 Å². The highest BCUT2D eigenvalue weighted by Crippen LogP contribution is 2.27. The standard InChI is InChI=1S/C18H23N5O2/c24-16(20-14-8-11-23-10-2-1-5-15(14)23)6-7-17-21-18(22-25-17)13-4-3-9-19-12-13/h3-4,9,12,14-15H,1-2,5-8,10-11H2,(H,20,24)/t14-,15-/m0/s1. The third kappa shape index (κ3) is 3.71. The van der Waals surface area contributed by atoms with Crippen molar-refractivity contribution in [1.82, 2.24) is 25.3 Å². The summed E-state index contributed by atoms with van der Waals surface area (Å²) in [6.45, 7) is 2.28. The first kappa shape index (κ1) is 16.2. The van der Waals surface area contributed by atoms with Crippen molar-refractivity contribution in [2.45, 2.75) is 50.6 Å². The lowest BCUT2D eigenvalue weighted by Crippen LogP contribution is -2.46. The maximum Gasteiger partial charge on any atom is 0.227 e. The van der Waals surface area contributed by atoms with Crippen molar-refractivity contribution in [2.24, 2.45) is 0 Å². The summed E-state index contributed by atoms with van der Waals surface area (Å²) in [5.74, 6) is 1.07. The molecule has 0 unspecified atom stereocenters. The van der Waals surface area contributed by atoms with E-state index in [1.54, 1.807) is 12.4 Å². The minimum atomic E-state index is 0.0681. The minimum absolute atomic E-state index is 0.0681. The number of fused-ring (bicyclic) bond motifs is 1. The summed E-state index contributed by atoms with van der Waals surface area (Å²) in [4.78, 5) is 23.2. The highest BCUT2D eigenvalue weighted by Gasteiger charge is 2.36. The van der Waals surface area contributed by atoms with Gasteiger partial charge in [0.05, 0.1) is 0 Å². The average molecular weight is 341 g/mol. The molecule has 7 heteroatoms. The van der Waals surface area contributed by atoms with Crippen LogP contribution in [0.4, 0.5) is 0 Å². The van der Waals surface area contributed by atoms with Gasteiger partial charge in [-0.05, 0) is 37.9 Å². The zero-order valence-electron chi connectivity index (χ0n) is 14.2. The molecule has 0 aromatic carbocycles. The molecule has 0 radical (unpaired) electrons. The fourth-order valence-electron chi connectivity index (χ4n) is 3.88. The number of hydrogen-bond acceptors (Lipinski definition) is 6. The van der Waals surface area contributed by atoms with Gasteiger partial charge >= 0.3 is 0 Å². The van der Waals surface area contributed by atoms with Crippen LogP contribution in [0, 0.1) is 0 Å². The molecular weight excluding hydrogens is 318 g/mol. The third-order valence-electron chi connectivity index (χ3n) is 5.16. The number of aromatic nitrogens is 3. The Morgan fingerprint density at radius 2 is 2.28 bits per heavy atom. The van der Waals surface area contributed by atoms with Crippen LogP contribution in [-0.4, -0.2) is 51.1 Å². The van der Waals surface area contributed by atoms with Crippen LogP contribution in [0.25, 0.3) is 11.4 Å². The van der Waals surface area contributed by atoms with Gasteiger partial charge in [-0.25, -0.2) is 0 Å². The van der Waals surface area contributed by atoms with E-state index in [0.29, 0.717) is 36.6 Å². The Kier molecular flexibility index (Phi) is 4.74. The van der Waals surface area contributed by atoms with E-state index < -0.39 is 0 Å². The van der Waals surface area contributed by atoms with E-state index in [1.807, 2.05) is 12.1 Å². The van der Waals surface area contributed by atoms with Crippen LogP contribution in [0.1, 0.15) is 38.0 Å². The van der Waals surface area contributed by atoms with E-state index in [1.165, 1.54) is 25.8 Å². The smallest absolute Gasteiger partial charge is 0.227 e. The molecule has 7 nitrogen and oxygen atoms in total. The molecule has 2 aromatic heterocycles. The normalized spacial score (nSPS) is 23.4. The van der Waals surface area contributed by atoms with Crippen molar-refractivity contribution in [3.05, 3.63) is 30.4 Å². The van der Waals surface area contributed by atoms with Crippen LogP contribution in [0.15, 0.2) is 29.0 Å². The summed E-state index contributed by atoms with van der Waals surface area (Å²) >= 11 is 0. The minimum Gasteiger partial charge on any atom is -0.352 e. The molecule has 1 amide bonds. The van der Waals surface area contributed by atoms with Crippen LogP contribution in [0.3, 0.4) is 0 Å². The van der Waals surface area contributed by atoms with E-state index in [0.717, 1.165) is 18.5 Å². The largest absolute Gasteiger partial charge is 0.352 e. The number of nitrogens with zero attached hydrogens (tertiary/aromatic N) is 4. The first-order valence-corrected chi connectivity index (χ1v) is 9.06. The zero-order chi connectivity index (χ0) is 17.1. The van der Waals surface area contributed by atoms with Crippen LogP contribution in [0.5, 0.6) is 0 Å². The van der Waals surface area contributed by atoms with Gasteiger partial charge in [0.2, 0.25) is 17.6 Å². The summed E-state index contributed by atoms with van der Waals surface area (Å²) in [5.41, 5.74) is 0.810. The molecule has 0 saturated carbocycles. The molecule has 0 bridgehead atoms. The van der Waals surface area contributed by atoms with E-state index in [-0.39, 0.29) is 5.91 Å². The summed E-state index contributed by atoms with van der Waals surface area (Å²) in [5, 5.41) is 7.16. The molecule has 2 fully saturated rings. The maximum atomic E-state index is 12.3. The van der Waals surface area contributed by atoms with Crippen molar-refractivity contribution >= 4 is 5.91 Å². The Morgan fingerprint density at radius 1 is 1.32 bits per heavy atom. The molecule has 4 heterocycles. The molecule has 2 saturated heterocycles. The van der Waals surface area contributed by atoms with Gasteiger partial charge in [-0.3, -0.25) is 14.7 Å². The van der Waals surface area contributed by atoms with Crippen molar-refractivity contribution < 1.29 is 9.32 Å². The second kappa shape index (κ2) is 7.31. The molecule has 0 aliphatic carbocycles. The van der Waals surface area contributed by atoms with Gasteiger partial charge in [-0.2, -0.15) is 4.98 Å². The molecule has 2 aliphatic heterocycles. The third-order valence-corrected chi connectivity index (χ3v) is 5.16. The second-order valence-electron chi connectivity index (χ2n) is 6.82. The molecule has 0 spiro atoms. The Labute approximate surface area is 146 Å². The molecule has 25 heavy (non-hydrogen) atoms. The summed E-state index contributed by atoms with van der Waals surface area (Å²) in [6, 6.07) is 4.53. The molecule has 132 valence electrons. The van der Waals surface area contributed by atoms with E-state index in [9.17, 15) is 4.79 Å². The monoisotopic (exact) mass is 341 g/mol. The van der Waals surface area contributed by atoms with Gasteiger partial charge in [-0.15, -0.1) is 0 Å². The van der Waals surface area contributed by atoms with Crippen molar-refractivity contribution in [2.75, 3.05) is 13.1 Å². The van der Waals surface area contributed by atoms with Gasteiger partial charge in [0, 0.05) is 49.4 Å². The lowest BCUT2D eigenvalue weighted by Gasteiger charge is -2.32. The summed E-state index contributed by atoms with van der Waals surface area (Å²) < 4.78 is 5.25. The first-order valence-electron chi connectivity index (χ1n) is 9.06. The topological polar surface area (TPSA) is 84.1 Å². The Balaban J connectivity index is 1.28. The van der Waals surface area contributed by atoms with Crippen molar-refractivity contribution in [1.29, 1.82) is 0 Å². The number of rotatable bonds is 5. The molecule has 2 aromatic rings. The Morgan fingerprint density at radius 3 is 3.16 bits per heavy atom. The average Bonchev–Trinajstić information content (AvgIpc) is 3.28. The molecule has 2 aliphatic rings. The van der Waals surface area contributed by atoms with Crippen molar-refractivity contribution in [3.63, 3.8) is 0 Å². The molecule has 2 atom stereocenters. The van der Waals surface area contributed by atoms with Crippen LogP contribution < -0.4 is 5.32 Å². The van der Waals surface area contributed by atoms with Gasteiger partial charge < -0.3 is 9.84 Å². The second-order valence-corrected chi connectivity index (χ2v) is 6.82. The quantitative estimate of drug-likeness (QED) is 0.893. The number of aryl methyl sites for hydroxylation is 1. The number of carbonyl (C=O) groups is 1. The van der Waals surface area contributed by atoms with E-state index in [2.05, 4.69) is 25.3 Å². The fraction of sp³-hybridized carbons (Fsp3) is 0.556. The Hall–Kier alpha value is -2.28. The van der Waals surface area contributed by atoms with Gasteiger partial charge in [0.15, 0.2) is 0 Å². The number of carbonyl (C=O) groups excluding carboxylic acids is 1. The number of pyridine rings is 1. The lowest BCUT2D eigenvalue weighted by molar-refractivity contribution is -0.122. The Bertz CT molecular complexity index is 717. The zero-order valence-corrected chi connectivity index (χ0v) is 14.2. The predicted molar refractivity (Wildman–Crippen MR) is 91.6 cm³/mol. The van der Waals surface area contributed by atoms with Crippen LogP contribution in [0.2, 0.25) is 0 Å². The highest BCUT2D eigenvalue weighted by molar-refractivity contribution is 5.76. The van der Waals surface area contributed by atoms with E-state index >= 15 is 0 Å². The highest BCUT2D eigenvalue weighted by atomic mass is 16.5. The van der Waals surface area contributed by atoms with Crippen LogP contribution in [-0.2, 0) is 11.2 Å². The van der Waals surface area contributed by atoms with Gasteiger partial charge in [0.25, 0.3) is 0 Å². The fourth-order valence-corrected chi connectivity index (χ4v) is 3.88. The molecule has 1 N–H and O–H groups in total. The predicted octanol–water partition coefficient (Wildman–Crippen LogP) is 1.81. The number of nitrogens with one attached hydrogen (secondary N) is 1. The lowest BCUT2D eigenvalue weighted by atomic mass is 9.99. The van der Waals surface area contributed by atoms with Gasteiger partial charge in [0.1, 0.15) is 0 Å². The SMILES string of the molecule is O=C(CCc1nc(-c2cccnc2)no1)N[C@H]1CCN2CCCC[C@@H]12. The molecular formula is C18H23N5O2. The summed E-state index contributed by atoms with van der Waals surface area (Å²) in [7, 11) is 0. The number of hydrogen-bond donors (Lipinski definition) is 1. The summed E-state index contributed by atoms with van der Waals surface area (Å²) in [6.07, 6.45) is 9.03.